The highest BCUT2D eigenvalue weighted by Crippen LogP contribution is 2.56. The van der Waals surface area contributed by atoms with Gasteiger partial charge >= 0.3 is 0 Å². The summed E-state index contributed by atoms with van der Waals surface area (Å²) in [4.78, 5) is 28.5. The molecular weight excluding hydrogens is 1140 g/mol. The van der Waals surface area contributed by atoms with Crippen molar-refractivity contribution < 1.29 is 9.59 Å². The standard InChI is InChI=1S/C77H62Br2N2O2/c78-65-30-40-70(41-31-65)80(67-34-23-61(24-35-67)59-19-3-1-4-20-59)68-38-27-63(28-39-68)64-29-45-73-74-46-44-72(81(71-42-32-66(79)33-43-71)69-36-25-62(26-37-69)60-21-5-2-6-22-60)52-76(74)77(75(73)51-64,47-9-7-13-55-15-11-17-57(49-55)53-82)48-10-8-14-56-16-12-18-58(50-56)54-83/h1-6,11-12,15-46,49-54H,7-10,13-14,47-48H2. The van der Waals surface area contributed by atoms with Crippen molar-refractivity contribution in [2.75, 3.05) is 9.80 Å². The average Bonchev–Trinajstić information content (AvgIpc) is 2.03. The lowest BCUT2D eigenvalue weighted by molar-refractivity contribution is 0.111. The molecule has 0 radical (unpaired) electrons. The molecule has 12 rings (SSSR count). The van der Waals surface area contributed by atoms with Crippen LogP contribution in [0.5, 0.6) is 0 Å². The molecule has 0 aliphatic heterocycles. The molecule has 4 nitrogen and oxygen atoms in total. The van der Waals surface area contributed by atoms with E-state index >= 15 is 0 Å². The number of hydrogen-bond acceptors (Lipinski definition) is 4. The Labute approximate surface area is 505 Å². The van der Waals surface area contributed by atoms with Crippen molar-refractivity contribution in [2.45, 2.75) is 56.8 Å². The van der Waals surface area contributed by atoms with Gasteiger partial charge in [-0.15, -0.1) is 0 Å². The van der Waals surface area contributed by atoms with Crippen LogP contribution >= 0.6 is 31.9 Å². The quantitative estimate of drug-likeness (QED) is 0.0531. The molecule has 0 spiro atoms. The van der Waals surface area contributed by atoms with E-state index in [0.29, 0.717) is 11.1 Å². The van der Waals surface area contributed by atoms with Crippen LogP contribution < -0.4 is 9.80 Å². The van der Waals surface area contributed by atoms with Gasteiger partial charge in [-0.1, -0.05) is 196 Å². The summed E-state index contributed by atoms with van der Waals surface area (Å²) in [6.07, 6.45) is 9.51. The summed E-state index contributed by atoms with van der Waals surface area (Å²) < 4.78 is 2.06. The van der Waals surface area contributed by atoms with Crippen molar-refractivity contribution in [3.8, 4) is 44.5 Å². The molecule has 11 aromatic rings. The Balaban J connectivity index is 0.952. The molecule has 11 aromatic carbocycles. The average molecular weight is 1210 g/mol. The molecule has 0 N–H and O–H groups in total. The number of rotatable bonds is 21. The van der Waals surface area contributed by atoms with E-state index in [1.165, 1.54) is 61.2 Å². The molecule has 0 aromatic heterocycles. The first kappa shape index (κ1) is 54.9. The molecule has 6 heteroatoms. The lowest BCUT2D eigenvalue weighted by Crippen LogP contribution is -2.26. The van der Waals surface area contributed by atoms with Crippen LogP contribution in [0.4, 0.5) is 34.1 Å². The van der Waals surface area contributed by atoms with E-state index in [4.69, 9.17) is 0 Å². The van der Waals surface area contributed by atoms with Gasteiger partial charge in [-0.05, 0) is 221 Å². The number of anilines is 6. The van der Waals surface area contributed by atoms with Crippen LogP contribution in [-0.4, -0.2) is 12.6 Å². The Morgan fingerprint density at radius 1 is 0.313 bits per heavy atom. The minimum atomic E-state index is -0.335. The van der Waals surface area contributed by atoms with Crippen LogP contribution in [0.1, 0.15) is 81.5 Å². The van der Waals surface area contributed by atoms with E-state index in [1.807, 2.05) is 36.4 Å². The maximum Gasteiger partial charge on any atom is 0.150 e. The molecule has 406 valence electrons. The second kappa shape index (κ2) is 25.2. The van der Waals surface area contributed by atoms with Crippen molar-refractivity contribution in [1.82, 2.24) is 0 Å². The normalized spacial score (nSPS) is 12.1. The van der Waals surface area contributed by atoms with Gasteiger partial charge in [0, 0.05) is 59.6 Å². The summed E-state index contributed by atoms with van der Waals surface area (Å²) in [5.41, 5.74) is 22.3. The molecule has 0 heterocycles. The highest BCUT2D eigenvalue weighted by atomic mass is 79.9. The smallest absolute Gasteiger partial charge is 0.150 e. The summed E-state index contributed by atoms with van der Waals surface area (Å²) in [5, 5.41) is 0. The van der Waals surface area contributed by atoms with Crippen LogP contribution in [0.15, 0.2) is 276 Å². The number of carbonyl (C=O) groups excluding carboxylic acids is 2. The van der Waals surface area contributed by atoms with Crippen LogP contribution in [0.25, 0.3) is 44.5 Å². The summed E-state index contributed by atoms with van der Waals surface area (Å²) in [5.74, 6) is 0. The second-order valence-corrected chi connectivity index (χ2v) is 23.5. The van der Waals surface area contributed by atoms with Gasteiger partial charge < -0.3 is 9.80 Å². The third kappa shape index (κ3) is 12.1. The predicted octanol–water partition coefficient (Wildman–Crippen LogP) is 21.9. The maximum atomic E-state index is 11.9. The Hall–Kier alpha value is -8.68. The highest BCUT2D eigenvalue weighted by Gasteiger charge is 2.43. The molecule has 1 aliphatic rings. The van der Waals surface area contributed by atoms with Gasteiger partial charge in [-0.2, -0.15) is 0 Å². The van der Waals surface area contributed by atoms with Gasteiger partial charge in [0.2, 0.25) is 0 Å². The van der Waals surface area contributed by atoms with E-state index in [1.54, 1.807) is 0 Å². The topological polar surface area (TPSA) is 40.6 Å². The second-order valence-electron chi connectivity index (χ2n) is 21.7. The molecule has 0 unspecified atom stereocenters. The zero-order chi connectivity index (χ0) is 56.5. The molecule has 1 aliphatic carbocycles. The predicted molar refractivity (Wildman–Crippen MR) is 353 cm³/mol. The minimum absolute atomic E-state index is 0.335. The fraction of sp³-hybridized carbons (Fsp3) is 0.117. The van der Waals surface area contributed by atoms with Crippen molar-refractivity contribution >= 4 is 78.6 Å². The van der Waals surface area contributed by atoms with E-state index in [-0.39, 0.29) is 5.41 Å². The summed E-state index contributed by atoms with van der Waals surface area (Å²) in [7, 11) is 0. The van der Waals surface area contributed by atoms with E-state index in [9.17, 15) is 9.59 Å². The fourth-order valence-electron chi connectivity index (χ4n) is 12.4. The maximum absolute atomic E-state index is 11.9. The molecule has 0 amide bonds. The van der Waals surface area contributed by atoms with Gasteiger partial charge in [0.05, 0.1) is 0 Å². The number of aldehydes is 2. The molecule has 0 bridgehead atoms. The lowest BCUT2D eigenvalue weighted by atomic mass is 9.70. The van der Waals surface area contributed by atoms with E-state index in [2.05, 4.69) is 272 Å². The van der Waals surface area contributed by atoms with Crippen molar-refractivity contribution in [2.24, 2.45) is 0 Å². The zero-order valence-electron chi connectivity index (χ0n) is 46.2. The van der Waals surface area contributed by atoms with E-state index < -0.39 is 0 Å². The summed E-state index contributed by atoms with van der Waals surface area (Å²) >= 11 is 7.40. The van der Waals surface area contributed by atoms with Gasteiger partial charge in [0.25, 0.3) is 0 Å². The van der Waals surface area contributed by atoms with Gasteiger partial charge in [0.15, 0.2) is 0 Å². The number of aryl methyl sites for hydroxylation is 2. The van der Waals surface area contributed by atoms with Crippen LogP contribution in [0.3, 0.4) is 0 Å². The van der Waals surface area contributed by atoms with Gasteiger partial charge in [-0.3, -0.25) is 9.59 Å². The Kier molecular flexibility index (Phi) is 16.7. The molecule has 0 fully saturated rings. The monoisotopic (exact) mass is 1200 g/mol. The first-order valence-corrected chi connectivity index (χ1v) is 30.3. The third-order valence-corrected chi connectivity index (χ3v) is 17.6. The first-order valence-electron chi connectivity index (χ1n) is 28.7. The largest absolute Gasteiger partial charge is 0.311 e. The number of halogens is 2. The number of fused-ring (bicyclic) bond motifs is 3. The minimum Gasteiger partial charge on any atom is -0.311 e. The fourth-order valence-corrected chi connectivity index (χ4v) is 12.9. The summed E-state index contributed by atoms with van der Waals surface area (Å²) in [6.45, 7) is 0. The Bertz CT molecular complexity index is 3950. The highest BCUT2D eigenvalue weighted by molar-refractivity contribution is 9.10. The Morgan fingerprint density at radius 2 is 0.663 bits per heavy atom. The molecule has 0 saturated heterocycles. The molecular formula is C77H62Br2N2O2. The Morgan fingerprint density at radius 3 is 1.10 bits per heavy atom. The number of unbranched alkanes of at least 4 members (excludes halogenated alkanes) is 2. The molecule has 0 saturated carbocycles. The van der Waals surface area contributed by atoms with Crippen molar-refractivity contribution in [1.29, 1.82) is 0 Å². The van der Waals surface area contributed by atoms with Crippen molar-refractivity contribution in [3.63, 3.8) is 0 Å². The molecule has 83 heavy (non-hydrogen) atoms. The number of nitrogens with zero attached hydrogens (tertiary/aromatic N) is 2. The zero-order valence-corrected chi connectivity index (χ0v) is 49.4. The van der Waals surface area contributed by atoms with Crippen LogP contribution in [0.2, 0.25) is 0 Å². The van der Waals surface area contributed by atoms with Crippen molar-refractivity contribution in [3.05, 3.63) is 309 Å². The number of carbonyl (C=O) groups is 2. The van der Waals surface area contributed by atoms with Gasteiger partial charge in [0.1, 0.15) is 12.6 Å². The van der Waals surface area contributed by atoms with Gasteiger partial charge in [-0.25, -0.2) is 0 Å². The number of hydrogen-bond donors (Lipinski definition) is 0. The SMILES string of the molecule is O=Cc1cccc(CCCCC2(CCCCc3cccc(C=O)c3)c3cc(-c4ccc(N(c5ccc(Br)cc5)c5ccc(-c6ccccc6)cc5)cc4)ccc3-c3ccc(N(c4ccc(Br)cc4)c4ccc(-c5ccccc5)cc4)cc32)c1. The van der Waals surface area contributed by atoms with E-state index in [0.717, 1.165) is 113 Å². The first-order chi connectivity index (χ1) is 40.8. The lowest BCUT2D eigenvalue weighted by Gasteiger charge is -2.34. The summed E-state index contributed by atoms with van der Waals surface area (Å²) in [6, 6.07) is 95.7. The van der Waals surface area contributed by atoms with Crippen LogP contribution in [0, 0.1) is 0 Å². The van der Waals surface area contributed by atoms with Crippen LogP contribution in [-0.2, 0) is 18.3 Å². The third-order valence-electron chi connectivity index (χ3n) is 16.5. The molecule has 0 atom stereocenters. The number of benzene rings is 11.